The molecule has 14 heavy (non-hydrogen) atoms. The largest absolute Gasteiger partial charge is 0.445 e. The minimum atomic E-state index is -4.58. The molecule has 0 amide bonds. The maximum atomic E-state index is 12.3. The number of aromatic nitrogens is 1. The quantitative estimate of drug-likeness (QED) is 0.617. The fourth-order valence-electron chi connectivity index (χ4n) is 0.797. The molecule has 0 spiro atoms. The number of pyridine rings is 1. The molecule has 1 aromatic heterocycles. The topological polar surface area (TPSA) is 22.1 Å². The van der Waals surface area contributed by atoms with E-state index in [0.717, 1.165) is 6.07 Å². The van der Waals surface area contributed by atoms with Crippen molar-refractivity contribution in [2.75, 3.05) is 6.86 Å². The maximum absolute atomic E-state index is 12.3. The maximum Gasteiger partial charge on any atom is 0.421 e. The van der Waals surface area contributed by atoms with E-state index in [1.165, 1.54) is 6.20 Å². The Bertz CT molecular complexity index is 328. The van der Waals surface area contributed by atoms with Crippen LogP contribution in [0.25, 0.3) is 0 Å². The zero-order valence-electron chi connectivity index (χ0n) is 6.61. The fraction of sp³-hybridized carbons (Fsp3) is 0.286. The SMILES string of the molecule is FCOc1ncc(I)cc1C(F)(F)F. The highest BCUT2D eigenvalue weighted by Crippen LogP contribution is 2.35. The summed E-state index contributed by atoms with van der Waals surface area (Å²) in [5.74, 6) is -0.736. The Labute approximate surface area is 90.4 Å². The van der Waals surface area contributed by atoms with E-state index >= 15 is 0 Å². The molecule has 1 heterocycles. The summed E-state index contributed by atoms with van der Waals surface area (Å²) in [7, 11) is 0. The molecule has 0 unspecified atom stereocenters. The Morgan fingerprint density at radius 2 is 2.07 bits per heavy atom. The molecule has 0 aliphatic carbocycles. The first-order valence-electron chi connectivity index (χ1n) is 3.36. The Kier molecular flexibility index (Phi) is 3.51. The molecular formula is C7H4F4INO. The van der Waals surface area contributed by atoms with Crippen LogP contribution < -0.4 is 4.74 Å². The predicted molar refractivity (Wildman–Crippen MR) is 48.6 cm³/mol. The Balaban J connectivity index is 3.16. The molecular weight excluding hydrogens is 317 g/mol. The Morgan fingerprint density at radius 1 is 1.43 bits per heavy atom. The summed E-state index contributed by atoms with van der Waals surface area (Å²) in [6.45, 7) is -1.34. The zero-order chi connectivity index (χ0) is 10.8. The van der Waals surface area contributed by atoms with Crippen LogP contribution in [0.1, 0.15) is 5.56 Å². The molecule has 0 bridgehead atoms. The Morgan fingerprint density at radius 3 is 2.57 bits per heavy atom. The molecule has 0 fully saturated rings. The predicted octanol–water partition coefficient (Wildman–Crippen LogP) is 3.01. The molecule has 2 nitrogen and oxygen atoms in total. The lowest BCUT2D eigenvalue weighted by molar-refractivity contribution is -0.139. The molecule has 0 saturated heterocycles. The van der Waals surface area contributed by atoms with Crippen LogP contribution >= 0.6 is 22.6 Å². The van der Waals surface area contributed by atoms with Crippen molar-refractivity contribution in [2.45, 2.75) is 6.18 Å². The van der Waals surface area contributed by atoms with Crippen LogP contribution in [-0.4, -0.2) is 11.8 Å². The van der Waals surface area contributed by atoms with Crippen LogP contribution in [0.4, 0.5) is 17.6 Å². The molecule has 7 heteroatoms. The van der Waals surface area contributed by atoms with Crippen molar-refractivity contribution in [1.29, 1.82) is 0 Å². The van der Waals surface area contributed by atoms with Crippen molar-refractivity contribution < 1.29 is 22.3 Å². The lowest BCUT2D eigenvalue weighted by atomic mass is 10.2. The van der Waals surface area contributed by atoms with Gasteiger partial charge in [-0.3, -0.25) is 0 Å². The number of hydrogen-bond donors (Lipinski definition) is 0. The van der Waals surface area contributed by atoms with Crippen molar-refractivity contribution in [2.24, 2.45) is 0 Å². The summed E-state index contributed by atoms with van der Waals surface area (Å²) in [6, 6.07) is 0.846. The highest BCUT2D eigenvalue weighted by Gasteiger charge is 2.35. The van der Waals surface area contributed by atoms with E-state index in [1.54, 1.807) is 22.6 Å². The van der Waals surface area contributed by atoms with Crippen LogP contribution in [0.2, 0.25) is 0 Å². The molecule has 0 atom stereocenters. The molecule has 1 aromatic rings. The van der Waals surface area contributed by atoms with E-state index in [-0.39, 0.29) is 0 Å². The summed E-state index contributed by atoms with van der Waals surface area (Å²) in [4.78, 5) is 3.34. The van der Waals surface area contributed by atoms with Gasteiger partial charge in [0.05, 0.1) is 0 Å². The van der Waals surface area contributed by atoms with Crippen molar-refractivity contribution in [1.82, 2.24) is 4.98 Å². The number of alkyl halides is 4. The summed E-state index contributed by atoms with van der Waals surface area (Å²) in [5.41, 5.74) is -1.07. The first-order chi connectivity index (χ1) is 6.45. The number of rotatable bonds is 2. The number of hydrogen-bond acceptors (Lipinski definition) is 2. The van der Waals surface area contributed by atoms with Crippen molar-refractivity contribution in [3.05, 3.63) is 21.4 Å². The van der Waals surface area contributed by atoms with Gasteiger partial charge in [0.15, 0.2) is 0 Å². The van der Waals surface area contributed by atoms with Crippen LogP contribution in [0, 0.1) is 3.57 Å². The summed E-state index contributed by atoms with van der Waals surface area (Å²) < 4.78 is 53.1. The Hall–Kier alpha value is -0.600. The van der Waals surface area contributed by atoms with Crippen molar-refractivity contribution in [3.8, 4) is 5.88 Å². The molecule has 78 valence electrons. The van der Waals surface area contributed by atoms with Gasteiger partial charge in [-0.25, -0.2) is 9.37 Å². The average molecular weight is 321 g/mol. The molecule has 0 radical (unpaired) electrons. The molecule has 0 aliphatic rings. The highest BCUT2D eigenvalue weighted by atomic mass is 127. The van der Waals surface area contributed by atoms with Crippen molar-refractivity contribution in [3.63, 3.8) is 0 Å². The van der Waals surface area contributed by atoms with Gasteiger partial charge in [0, 0.05) is 9.77 Å². The lowest BCUT2D eigenvalue weighted by Crippen LogP contribution is -2.10. The van der Waals surface area contributed by atoms with Gasteiger partial charge in [-0.15, -0.1) is 0 Å². The minimum absolute atomic E-state index is 0.307. The molecule has 0 aliphatic heterocycles. The van der Waals surface area contributed by atoms with Crippen LogP contribution in [0.15, 0.2) is 12.3 Å². The normalized spacial score (nSPS) is 11.5. The molecule has 0 N–H and O–H groups in total. The third-order valence-electron chi connectivity index (χ3n) is 1.31. The second kappa shape index (κ2) is 4.28. The van der Waals surface area contributed by atoms with Gasteiger partial charge in [-0.1, -0.05) is 0 Å². The third-order valence-corrected chi connectivity index (χ3v) is 1.90. The number of ether oxygens (including phenoxy) is 1. The fourth-order valence-corrected chi connectivity index (χ4v) is 1.25. The third kappa shape index (κ3) is 2.69. The highest BCUT2D eigenvalue weighted by molar-refractivity contribution is 14.1. The van der Waals surface area contributed by atoms with E-state index < -0.39 is 24.5 Å². The monoisotopic (exact) mass is 321 g/mol. The van der Waals surface area contributed by atoms with Gasteiger partial charge in [0.25, 0.3) is 0 Å². The van der Waals surface area contributed by atoms with Gasteiger partial charge >= 0.3 is 6.18 Å². The zero-order valence-corrected chi connectivity index (χ0v) is 8.76. The average Bonchev–Trinajstić information content (AvgIpc) is 2.07. The van der Waals surface area contributed by atoms with Crippen LogP contribution in [-0.2, 0) is 6.18 Å². The summed E-state index contributed by atoms with van der Waals surface area (Å²) in [6.07, 6.45) is -3.42. The van der Waals surface area contributed by atoms with Gasteiger partial charge in [0.2, 0.25) is 12.7 Å². The van der Waals surface area contributed by atoms with E-state index in [9.17, 15) is 17.6 Å². The standard InChI is InChI=1S/C7H4F4INO/c8-3-14-6-5(7(9,10)11)1-4(12)2-13-6/h1-2H,3H2. The van der Waals surface area contributed by atoms with Gasteiger partial charge in [-0.05, 0) is 28.7 Å². The van der Waals surface area contributed by atoms with Crippen LogP contribution in [0.3, 0.4) is 0 Å². The smallest absolute Gasteiger partial charge is 0.421 e. The molecule has 0 aromatic carbocycles. The summed E-state index contributed by atoms with van der Waals surface area (Å²) >= 11 is 1.68. The second-order valence-corrected chi connectivity index (χ2v) is 3.50. The number of halogens is 5. The summed E-state index contributed by atoms with van der Waals surface area (Å²) in [5, 5.41) is 0. The first kappa shape index (κ1) is 11.5. The molecule has 0 saturated carbocycles. The van der Waals surface area contributed by atoms with Crippen molar-refractivity contribution >= 4 is 22.6 Å². The van der Waals surface area contributed by atoms with E-state index in [4.69, 9.17) is 0 Å². The minimum Gasteiger partial charge on any atom is -0.445 e. The van der Waals surface area contributed by atoms with E-state index in [0.29, 0.717) is 3.57 Å². The molecule has 1 rings (SSSR count). The van der Waals surface area contributed by atoms with E-state index in [2.05, 4.69) is 9.72 Å². The first-order valence-corrected chi connectivity index (χ1v) is 4.44. The van der Waals surface area contributed by atoms with Gasteiger partial charge < -0.3 is 4.74 Å². The number of nitrogens with zero attached hydrogens (tertiary/aromatic N) is 1. The van der Waals surface area contributed by atoms with Crippen LogP contribution in [0.5, 0.6) is 5.88 Å². The van der Waals surface area contributed by atoms with Gasteiger partial charge in [0.1, 0.15) is 5.56 Å². The van der Waals surface area contributed by atoms with E-state index in [1.807, 2.05) is 0 Å². The van der Waals surface area contributed by atoms with Gasteiger partial charge in [-0.2, -0.15) is 13.2 Å². The second-order valence-electron chi connectivity index (χ2n) is 2.26. The lowest BCUT2D eigenvalue weighted by Gasteiger charge is -2.10.